The summed E-state index contributed by atoms with van der Waals surface area (Å²) in [5.41, 5.74) is 6.60. The number of hydrogen-bond acceptors (Lipinski definition) is 3. The third kappa shape index (κ3) is 4.09. The Morgan fingerprint density at radius 3 is 2.89 bits per heavy atom. The lowest BCUT2D eigenvalue weighted by Gasteiger charge is -2.06. The summed E-state index contributed by atoms with van der Waals surface area (Å²) in [4.78, 5) is 4.13. The van der Waals surface area contributed by atoms with Gasteiger partial charge in [-0.3, -0.25) is 4.98 Å². The van der Waals surface area contributed by atoms with Gasteiger partial charge >= 0.3 is 0 Å². The summed E-state index contributed by atoms with van der Waals surface area (Å²) < 4.78 is 18.9. The first-order chi connectivity index (χ1) is 9.28. The molecule has 0 atom stereocenters. The summed E-state index contributed by atoms with van der Waals surface area (Å²) in [7, 11) is 0. The van der Waals surface area contributed by atoms with Gasteiger partial charge in [0.2, 0.25) is 0 Å². The second-order valence-electron chi connectivity index (χ2n) is 3.79. The van der Waals surface area contributed by atoms with Crippen molar-refractivity contribution in [1.82, 2.24) is 4.98 Å². The molecule has 0 saturated carbocycles. The molecule has 0 amide bonds. The van der Waals surface area contributed by atoms with Gasteiger partial charge in [-0.15, -0.1) is 0 Å². The summed E-state index contributed by atoms with van der Waals surface area (Å²) in [5.74, 6) is 5.48. The molecule has 0 fully saturated rings. The minimum absolute atomic E-state index is 0.237. The molecule has 0 radical (unpaired) electrons. The molecule has 96 valence electrons. The Balaban J connectivity index is 2.10. The fraction of sp³-hybridized carbons (Fsp3) is 0.133. The van der Waals surface area contributed by atoms with Gasteiger partial charge in [0, 0.05) is 17.8 Å². The molecule has 3 nitrogen and oxygen atoms in total. The lowest BCUT2D eigenvalue weighted by Crippen LogP contribution is -1.98. The summed E-state index contributed by atoms with van der Waals surface area (Å²) in [6, 6.07) is 9.87. The van der Waals surface area contributed by atoms with Crippen molar-refractivity contribution >= 4 is 0 Å². The smallest absolute Gasteiger partial charge is 0.130 e. The van der Waals surface area contributed by atoms with Gasteiger partial charge in [0.25, 0.3) is 0 Å². The van der Waals surface area contributed by atoms with Gasteiger partial charge in [-0.25, -0.2) is 4.39 Å². The van der Waals surface area contributed by atoms with E-state index >= 15 is 0 Å². The summed E-state index contributed by atoms with van der Waals surface area (Å²) in [5, 5.41) is 0. The van der Waals surface area contributed by atoms with Crippen LogP contribution in [0.2, 0.25) is 0 Å². The van der Waals surface area contributed by atoms with E-state index in [-0.39, 0.29) is 19.0 Å². The zero-order chi connectivity index (χ0) is 13.5. The van der Waals surface area contributed by atoms with Crippen molar-refractivity contribution in [2.75, 3.05) is 6.54 Å². The normalized spacial score (nSPS) is 9.58. The summed E-state index contributed by atoms with van der Waals surface area (Å²) in [6.07, 6.45) is 1.68. The molecule has 2 aromatic rings. The van der Waals surface area contributed by atoms with Gasteiger partial charge in [-0.2, -0.15) is 0 Å². The molecule has 0 bridgehead atoms. The van der Waals surface area contributed by atoms with E-state index in [1.807, 2.05) is 18.2 Å². The zero-order valence-corrected chi connectivity index (χ0v) is 10.3. The topological polar surface area (TPSA) is 48.1 Å². The van der Waals surface area contributed by atoms with E-state index in [2.05, 4.69) is 16.8 Å². The third-order valence-corrected chi connectivity index (χ3v) is 2.32. The Morgan fingerprint density at radius 1 is 1.26 bits per heavy atom. The monoisotopic (exact) mass is 256 g/mol. The largest absolute Gasteiger partial charge is 0.487 e. The standard InChI is InChI=1S/C15H13FN2O/c16-13-8-12(4-3-6-17)9-15(10-13)19-11-14-5-1-2-7-18-14/h1-2,5,7-10H,6,11,17H2. The molecule has 0 aliphatic carbocycles. The highest BCUT2D eigenvalue weighted by Crippen LogP contribution is 2.17. The van der Waals surface area contributed by atoms with E-state index in [0.29, 0.717) is 11.3 Å². The molecule has 19 heavy (non-hydrogen) atoms. The molecule has 1 heterocycles. The van der Waals surface area contributed by atoms with E-state index in [9.17, 15) is 4.39 Å². The number of hydrogen-bond donors (Lipinski definition) is 1. The summed E-state index contributed by atoms with van der Waals surface area (Å²) in [6.45, 7) is 0.523. The maximum Gasteiger partial charge on any atom is 0.130 e. The highest BCUT2D eigenvalue weighted by molar-refractivity contribution is 5.40. The van der Waals surface area contributed by atoms with Gasteiger partial charge in [-0.1, -0.05) is 17.9 Å². The van der Waals surface area contributed by atoms with E-state index in [1.165, 1.54) is 12.1 Å². The number of nitrogens with zero attached hydrogens (tertiary/aromatic N) is 1. The minimum atomic E-state index is -0.389. The van der Waals surface area contributed by atoms with Crippen LogP contribution in [0.5, 0.6) is 5.75 Å². The highest BCUT2D eigenvalue weighted by Gasteiger charge is 2.01. The first-order valence-corrected chi connectivity index (χ1v) is 5.80. The first kappa shape index (κ1) is 13.1. The lowest BCUT2D eigenvalue weighted by molar-refractivity contribution is 0.299. The van der Waals surface area contributed by atoms with E-state index < -0.39 is 0 Å². The van der Waals surface area contributed by atoms with Crippen LogP contribution in [0, 0.1) is 17.7 Å². The van der Waals surface area contributed by atoms with Crippen molar-refractivity contribution in [3.63, 3.8) is 0 Å². The number of aromatic nitrogens is 1. The maximum absolute atomic E-state index is 13.4. The Hall–Kier alpha value is -2.38. The number of rotatable bonds is 3. The number of pyridine rings is 1. The average Bonchev–Trinajstić information content (AvgIpc) is 2.43. The molecule has 2 N–H and O–H groups in total. The summed E-state index contributed by atoms with van der Waals surface area (Å²) >= 11 is 0. The molecular weight excluding hydrogens is 243 g/mol. The van der Waals surface area contributed by atoms with Crippen LogP contribution in [-0.4, -0.2) is 11.5 Å². The van der Waals surface area contributed by atoms with Crippen molar-refractivity contribution in [1.29, 1.82) is 0 Å². The van der Waals surface area contributed by atoms with Crippen molar-refractivity contribution in [3.05, 3.63) is 59.7 Å². The molecule has 1 aromatic carbocycles. The fourth-order valence-corrected chi connectivity index (χ4v) is 1.51. The quantitative estimate of drug-likeness (QED) is 0.856. The third-order valence-electron chi connectivity index (χ3n) is 2.32. The highest BCUT2D eigenvalue weighted by atomic mass is 19.1. The van der Waals surface area contributed by atoms with Crippen molar-refractivity contribution in [2.24, 2.45) is 5.73 Å². The van der Waals surface area contributed by atoms with E-state index in [1.54, 1.807) is 12.3 Å². The number of benzene rings is 1. The number of ether oxygens (including phenoxy) is 1. The lowest BCUT2D eigenvalue weighted by atomic mass is 10.2. The number of halogens is 1. The second kappa shape index (κ2) is 6.53. The van der Waals surface area contributed by atoms with Gasteiger partial charge in [0.05, 0.1) is 12.2 Å². The van der Waals surface area contributed by atoms with Crippen LogP contribution in [0.1, 0.15) is 11.3 Å². The van der Waals surface area contributed by atoms with E-state index in [4.69, 9.17) is 10.5 Å². The minimum Gasteiger partial charge on any atom is -0.487 e. The average molecular weight is 256 g/mol. The number of nitrogens with two attached hydrogens (primary N) is 1. The van der Waals surface area contributed by atoms with Crippen molar-refractivity contribution in [3.8, 4) is 17.6 Å². The molecule has 2 rings (SSSR count). The molecule has 1 aromatic heterocycles. The molecule has 0 spiro atoms. The van der Waals surface area contributed by atoms with Gasteiger partial charge in [-0.05, 0) is 24.3 Å². The maximum atomic E-state index is 13.4. The molecular formula is C15H13FN2O. The van der Waals surface area contributed by atoms with Crippen LogP contribution in [-0.2, 0) is 6.61 Å². The van der Waals surface area contributed by atoms with Crippen molar-refractivity contribution < 1.29 is 9.13 Å². The van der Waals surface area contributed by atoms with Crippen LogP contribution >= 0.6 is 0 Å². The molecule has 0 aliphatic rings. The second-order valence-corrected chi connectivity index (χ2v) is 3.79. The SMILES string of the molecule is NCC#Cc1cc(F)cc(OCc2ccccn2)c1. The first-order valence-electron chi connectivity index (χ1n) is 5.80. The predicted octanol–water partition coefficient (Wildman–Crippen LogP) is 2.11. The Bertz CT molecular complexity index is 603. The van der Waals surface area contributed by atoms with Gasteiger partial charge < -0.3 is 10.5 Å². The fourth-order valence-electron chi connectivity index (χ4n) is 1.51. The molecule has 0 saturated heterocycles. The Kier molecular flexibility index (Phi) is 4.49. The van der Waals surface area contributed by atoms with Crippen molar-refractivity contribution in [2.45, 2.75) is 6.61 Å². The van der Waals surface area contributed by atoms with Crippen LogP contribution in [0.15, 0.2) is 42.6 Å². The van der Waals surface area contributed by atoms with Crippen LogP contribution in [0.4, 0.5) is 4.39 Å². The van der Waals surface area contributed by atoms with Crippen LogP contribution in [0.25, 0.3) is 0 Å². The molecule has 0 unspecified atom stereocenters. The molecule has 0 aliphatic heterocycles. The molecule has 4 heteroatoms. The van der Waals surface area contributed by atoms with Gasteiger partial charge in [0.15, 0.2) is 0 Å². The van der Waals surface area contributed by atoms with E-state index in [0.717, 1.165) is 5.69 Å². The van der Waals surface area contributed by atoms with Crippen LogP contribution < -0.4 is 10.5 Å². The predicted molar refractivity (Wildman–Crippen MR) is 70.9 cm³/mol. The van der Waals surface area contributed by atoms with Crippen LogP contribution in [0.3, 0.4) is 0 Å². The Labute approximate surface area is 111 Å². The Morgan fingerprint density at radius 2 is 2.16 bits per heavy atom. The zero-order valence-electron chi connectivity index (χ0n) is 10.3. The van der Waals surface area contributed by atoms with Gasteiger partial charge in [0.1, 0.15) is 18.2 Å².